The molecule has 0 amide bonds. The first-order valence-corrected chi connectivity index (χ1v) is 13.2. The number of hydrogen-bond acceptors (Lipinski definition) is 8. The van der Waals surface area contributed by atoms with Crippen molar-refractivity contribution in [2.75, 3.05) is 11.9 Å². The van der Waals surface area contributed by atoms with Crippen LogP contribution in [0.5, 0.6) is 0 Å². The summed E-state index contributed by atoms with van der Waals surface area (Å²) in [5.74, 6) is 1.25. The van der Waals surface area contributed by atoms with Crippen molar-refractivity contribution in [2.24, 2.45) is 0 Å². The highest BCUT2D eigenvalue weighted by Gasteiger charge is 2.24. The molecule has 4 aromatic heterocycles. The van der Waals surface area contributed by atoms with Crippen LogP contribution in [0.3, 0.4) is 0 Å². The largest absolute Gasteiger partial charge is 0.358 e. The number of para-hydroxylation sites is 1. The third-order valence-corrected chi connectivity index (χ3v) is 7.61. The lowest BCUT2D eigenvalue weighted by Gasteiger charge is -2.24. The lowest BCUT2D eigenvalue weighted by Crippen LogP contribution is -2.28. The number of aromatic nitrogens is 6. The van der Waals surface area contributed by atoms with Gasteiger partial charge in [0.05, 0.1) is 23.6 Å². The Morgan fingerprint density at radius 3 is 2.89 bits per heavy atom. The van der Waals surface area contributed by atoms with Gasteiger partial charge >= 0.3 is 0 Å². The van der Waals surface area contributed by atoms with Crippen molar-refractivity contribution in [3.8, 4) is 5.69 Å². The summed E-state index contributed by atoms with van der Waals surface area (Å²) in [5, 5.41) is 5.44. The maximum absolute atomic E-state index is 13.7. The summed E-state index contributed by atoms with van der Waals surface area (Å²) in [5.41, 5.74) is 3.87. The van der Waals surface area contributed by atoms with Crippen molar-refractivity contribution < 1.29 is 4.74 Å². The lowest BCUT2D eigenvalue weighted by atomic mass is 10.1. The van der Waals surface area contributed by atoms with Gasteiger partial charge in [0, 0.05) is 6.61 Å². The molecule has 0 saturated carbocycles. The van der Waals surface area contributed by atoms with E-state index in [-0.39, 0.29) is 17.8 Å². The van der Waals surface area contributed by atoms with Crippen LogP contribution < -0.4 is 10.9 Å². The Kier molecular flexibility index (Phi) is 5.98. The third kappa shape index (κ3) is 3.86. The molecule has 6 rings (SSSR count). The van der Waals surface area contributed by atoms with Crippen LogP contribution in [0.1, 0.15) is 56.3 Å². The van der Waals surface area contributed by atoms with Crippen molar-refractivity contribution >= 4 is 38.5 Å². The van der Waals surface area contributed by atoms with Gasteiger partial charge in [0.15, 0.2) is 17.0 Å². The second-order valence-electron chi connectivity index (χ2n) is 9.00. The van der Waals surface area contributed by atoms with E-state index in [9.17, 15) is 4.79 Å². The minimum atomic E-state index is -0.282. The number of rotatable bonds is 6. The molecule has 0 aliphatic carbocycles. The van der Waals surface area contributed by atoms with Gasteiger partial charge in [-0.25, -0.2) is 19.9 Å². The fourth-order valence-electron chi connectivity index (χ4n) is 4.84. The van der Waals surface area contributed by atoms with Crippen LogP contribution in [0.2, 0.25) is 0 Å². The van der Waals surface area contributed by atoms with Gasteiger partial charge in [0.25, 0.3) is 5.56 Å². The maximum Gasteiger partial charge on any atom is 0.276 e. The molecule has 1 aliphatic heterocycles. The molecule has 10 heteroatoms. The number of fused-ring (bicyclic) bond motifs is 2. The molecule has 9 nitrogen and oxygen atoms in total. The number of hydrogen-bond donors (Lipinski definition) is 1. The fraction of sp³-hybridized carbons (Fsp3) is 0.346. The quantitative estimate of drug-likeness (QED) is 0.343. The van der Waals surface area contributed by atoms with Crippen LogP contribution >= 0.6 is 11.3 Å². The number of nitrogens with one attached hydrogen (secondary N) is 1. The molecule has 1 saturated heterocycles. The maximum atomic E-state index is 13.7. The number of nitrogens with zero attached hydrogens (tertiary/aromatic N) is 6. The topological polar surface area (TPSA) is 99.8 Å². The number of thiophene rings is 1. The predicted octanol–water partition coefficient (Wildman–Crippen LogP) is 5.16. The van der Waals surface area contributed by atoms with Crippen molar-refractivity contribution in [3.05, 3.63) is 70.1 Å². The molecule has 0 radical (unpaired) electrons. The van der Waals surface area contributed by atoms with Crippen LogP contribution in [-0.4, -0.2) is 35.7 Å². The van der Waals surface area contributed by atoms with Gasteiger partial charge in [0.1, 0.15) is 23.1 Å². The minimum Gasteiger partial charge on any atom is -0.358 e. The van der Waals surface area contributed by atoms with Gasteiger partial charge in [-0.15, -0.1) is 11.3 Å². The molecule has 5 aromatic rings. The molecule has 2 atom stereocenters. The summed E-state index contributed by atoms with van der Waals surface area (Å²) in [7, 11) is 0. The first-order valence-electron chi connectivity index (χ1n) is 12.3. The number of imidazole rings is 1. The second kappa shape index (κ2) is 9.44. The number of benzene rings is 1. The van der Waals surface area contributed by atoms with E-state index in [1.54, 1.807) is 17.2 Å². The summed E-state index contributed by atoms with van der Waals surface area (Å²) < 4.78 is 10.3. The van der Waals surface area contributed by atoms with Crippen LogP contribution in [0.25, 0.3) is 27.1 Å². The van der Waals surface area contributed by atoms with Gasteiger partial charge < -0.3 is 10.1 Å². The first kappa shape index (κ1) is 22.8. The van der Waals surface area contributed by atoms with Gasteiger partial charge in [-0.2, -0.15) is 0 Å². The zero-order chi connectivity index (χ0) is 24.6. The molecule has 1 aliphatic rings. The van der Waals surface area contributed by atoms with Crippen LogP contribution in [0.4, 0.5) is 5.82 Å². The summed E-state index contributed by atoms with van der Waals surface area (Å²) in [4.78, 5) is 32.3. The van der Waals surface area contributed by atoms with E-state index in [4.69, 9.17) is 9.72 Å². The SMILES string of the molecule is CCC(Nc1ncnc2c1ncn2C1CCCCO1)c1nc2ccsc2c(=O)n1-c1ccccc1C. The normalized spacial score (nSPS) is 17.0. The standard InChI is InChI=1S/C26H27N7O2S/c1-3-17(30-23-21-25(28-14-27-23)32(15-29-21)20-10-6-7-12-35-20)24-31-18-11-13-36-22(18)26(34)33(24)19-9-5-4-8-16(19)2/h4-5,8-9,11,13-15,17,20H,3,6-7,10,12H2,1-2H3,(H,27,28,30). The molecule has 5 heterocycles. The molecule has 2 unspecified atom stereocenters. The number of anilines is 1. The van der Waals surface area contributed by atoms with E-state index < -0.39 is 0 Å². The smallest absolute Gasteiger partial charge is 0.276 e. The van der Waals surface area contributed by atoms with E-state index in [0.717, 1.165) is 42.8 Å². The first-order chi connectivity index (χ1) is 17.7. The summed E-state index contributed by atoms with van der Waals surface area (Å²) >= 11 is 1.42. The Morgan fingerprint density at radius 2 is 2.08 bits per heavy atom. The average molecular weight is 502 g/mol. The van der Waals surface area contributed by atoms with E-state index in [1.807, 2.05) is 47.2 Å². The van der Waals surface area contributed by atoms with Crippen molar-refractivity contribution in [3.63, 3.8) is 0 Å². The van der Waals surface area contributed by atoms with E-state index in [0.29, 0.717) is 33.8 Å². The molecule has 1 aromatic carbocycles. The van der Waals surface area contributed by atoms with Gasteiger partial charge in [-0.05, 0) is 55.7 Å². The van der Waals surface area contributed by atoms with Crippen LogP contribution in [-0.2, 0) is 4.74 Å². The molecule has 0 bridgehead atoms. The van der Waals surface area contributed by atoms with Crippen molar-refractivity contribution in [1.82, 2.24) is 29.1 Å². The summed E-state index contributed by atoms with van der Waals surface area (Å²) in [6, 6.07) is 9.50. The summed E-state index contributed by atoms with van der Waals surface area (Å²) in [6.45, 7) is 4.81. The molecular formula is C26H27N7O2S. The zero-order valence-electron chi connectivity index (χ0n) is 20.2. The molecule has 0 spiro atoms. The minimum absolute atomic E-state index is 0.0638. The van der Waals surface area contributed by atoms with Gasteiger partial charge in [0.2, 0.25) is 0 Å². The Morgan fingerprint density at radius 1 is 1.19 bits per heavy atom. The van der Waals surface area contributed by atoms with E-state index in [1.165, 1.54) is 11.3 Å². The zero-order valence-corrected chi connectivity index (χ0v) is 21.0. The Balaban J connectivity index is 1.46. The molecule has 36 heavy (non-hydrogen) atoms. The number of ether oxygens (including phenoxy) is 1. The number of aryl methyl sites for hydroxylation is 1. The molecule has 1 N–H and O–H groups in total. The van der Waals surface area contributed by atoms with Gasteiger partial charge in [-0.3, -0.25) is 13.9 Å². The van der Waals surface area contributed by atoms with Crippen LogP contribution in [0.15, 0.2) is 53.2 Å². The van der Waals surface area contributed by atoms with Gasteiger partial charge in [-0.1, -0.05) is 25.1 Å². The summed E-state index contributed by atoms with van der Waals surface area (Å²) in [6.07, 6.45) is 7.07. The Hall–Kier alpha value is -3.63. The van der Waals surface area contributed by atoms with E-state index >= 15 is 0 Å². The predicted molar refractivity (Wildman–Crippen MR) is 141 cm³/mol. The average Bonchev–Trinajstić information content (AvgIpc) is 3.56. The third-order valence-electron chi connectivity index (χ3n) is 6.72. The van der Waals surface area contributed by atoms with E-state index in [2.05, 4.69) is 27.2 Å². The second-order valence-corrected chi connectivity index (χ2v) is 9.92. The Labute approximate surface area is 211 Å². The monoisotopic (exact) mass is 501 g/mol. The molecule has 184 valence electrons. The highest BCUT2D eigenvalue weighted by atomic mass is 32.1. The van der Waals surface area contributed by atoms with Crippen molar-refractivity contribution in [1.29, 1.82) is 0 Å². The molecule has 1 fully saturated rings. The van der Waals surface area contributed by atoms with Crippen LogP contribution in [0, 0.1) is 6.92 Å². The Bertz CT molecular complexity index is 1600. The van der Waals surface area contributed by atoms with Crippen molar-refractivity contribution in [2.45, 2.75) is 51.8 Å². The highest BCUT2D eigenvalue weighted by molar-refractivity contribution is 7.17. The fourth-order valence-corrected chi connectivity index (χ4v) is 5.60. The molecular weight excluding hydrogens is 474 g/mol. The highest BCUT2D eigenvalue weighted by Crippen LogP contribution is 2.30. The lowest BCUT2D eigenvalue weighted by molar-refractivity contribution is -0.0298.